The summed E-state index contributed by atoms with van der Waals surface area (Å²) in [5.41, 5.74) is -1.24. The minimum atomic E-state index is -6.29. The molecule has 0 bridgehead atoms. The van der Waals surface area contributed by atoms with Gasteiger partial charge >= 0.3 is 18.0 Å². The molecule has 0 aliphatic carbocycles. The first-order chi connectivity index (χ1) is 7.52. The second kappa shape index (κ2) is 5.49. The summed E-state index contributed by atoms with van der Waals surface area (Å²) in [5.74, 6) is -11.5. The lowest BCUT2D eigenvalue weighted by molar-refractivity contribution is -0.344. The van der Waals surface area contributed by atoms with E-state index in [2.05, 4.69) is 6.26 Å². The van der Waals surface area contributed by atoms with Gasteiger partial charge in [-0.3, -0.25) is 0 Å². The molecule has 1 radical (unpaired) electrons. The van der Waals surface area contributed by atoms with Gasteiger partial charge in [-0.15, -0.1) is 0 Å². The Kier molecular flexibility index (Phi) is 5.37. The Hall–Kier alpha value is -0.400. The second-order valence-corrected chi connectivity index (χ2v) is 3.84. The summed E-state index contributed by atoms with van der Waals surface area (Å²) in [4.78, 5) is 0. The van der Waals surface area contributed by atoms with Crippen molar-refractivity contribution in [3.05, 3.63) is 17.9 Å². The number of allylic oxidation sites excluding steroid dienone is 1. The van der Waals surface area contributed by atoms with Gasteiger partial charge in [0.2, 0.25) is 0 Å². The lowest BCUT2D eigenvalue weighted by atomic mass is 9.99. The fourth-order valence-electron chi connectivity index (χ4n) is 1.03. The maximum atomic E-state index is 13.1. The van der Waals surface area contributed by atoms with Gasteiger partial charge in [-0.25, -0.2) is 0 Å². The predicted molar refractivity (Wildman–Crippen MR) is 52.1 cm³/mol. The Balaban J connectivity index is 5.36. The van der Waals surface area contributed by atoms with Crippen LogP contribution < -0.4 is 0 Å². The lowest BCUT2D eigenvalue weighted by Crippen LogP contribution is -2.52. The van der Waals surface area contributed by atoms with Crippen molar-refractivity contribution in [1.29, 1.82) is 0 Å². The third kappa shape index (κ3) is 3.29. The van der Waals surface area contributed by atoms with Crippen LogP contribution in [-0.4, -0.2) is 23.8 Å². The summed E-state index contributed by atoms with van der Waals surface area (Å²) in [6, 6.07) is 0. The summed E-state index contributed by atoms with van der Waals surface area (Å²) < 4.78 is 87.1. The van der Waals surface area contributed by atoms with Crippen molar-refractivity contribution in [2.45, 2.75) is 31.4 Å². The highest BCUT2D eigenvalue weighted by atomic mass is 32.2. The number of hydrogen-bond donors (Lipinski definition) is 0. The minimum absolute atomic E-state index is 0.160. The highest BCUT2D eigenvalue weighted by Gasteiger charge is 2.73. The zero-order chi connectivity index (χ0) is 13.9. The Labute approximate surface area is 98.3 Å². The van der Waals surface area contributed by atoms with Crippen LogP contribution in [0.2, 0.25) is 0 Å². The molecule has 0 unspecified atom stereocenters. The van der Waals surface area contributed by atoms with E-state index in [0.717, 1.165) is 18.7 Å². The van der Waals surface area contributed by atoms with Crippen molar-refractivity contribution < 1.29 is 30.7 Å². The molecule has 0 aliphatic rings. The van der Waals surface area contributed by atoms with E-state index in [0.29, 0.717) is 6.08 Å². The van der Waals surface area contributed by atoms with Gasteiger partial charge in [-0.05, 0) is 6.42 Å². The fraction of sp³-hybridized carbons (Fsp3) is 0.667. The van der Waals surface area contributed by atoms with Crippen molar-refractivity contribution in [2.75, 3.05) is 5.75 Å². The van der Waals surface area contributed by atoms with Crippen molar-refractivity contribution in [3.8, 4) is 0 Å². The van der Waals surface area contributed by atoms with Crippen LogP contribution in [0, 0.1) is 6.26 Å². The van der Waals surface area contributed by atoms with Gasteiger partial charge in [-0.2, -0.15) is 42.5 Å². The standard InChI is InChI=1S/C9H10F7S/c1-3-6(4-5-17-2)7(10,11)8(12,13)9(14,15)16/h4H,2-3,5H2,1H3. The van der Waals surface area contributed by atoms with Gasteiger partial charge in [0.05, 0.1) is 0 Å². The molecule has 0 spiro atoms. The zero-order valence-corrected chi connectivity index (χ0v) is 9.57. The first-order valence-electron chi connectivity index (χ1n) is 4.41. The molecule has 8 heteroatoms. The number of hydrogen-bond acceptors (Lipinski definition) is 1. The van der Waals surface area contributed by atoms with E-state index in [1.54, 1.807) is 0 Å². The first-order valence-corrected chi connectivity index (χ1v) is 5.56. The molecular weight excluding hydrogens is 273 g/mol. The van der Waals surface area contributed by atoms with Crippen molar-refractivity contribution in [2.24, 2.45) is 0 Å². The highest BCUT2D eigenvalue weighted by Crippen LogP contribution is 2.50. The summed E-state index contributed by atoms with van der Waals surface area (Å²) in [5, 5.41) is 0. The predicted octanol–water partition coefficient (Wildman–Crippen LogP) is 4.68. The molecule has 0 amide bonds. The number of halogens is 7. The van der Waals surface area contributed by atoms with E-state index < -0.39 is 30.0 Å². The van der Waals surface area contributed by atoms with Crippen molar-refractivity contribution in [1.82, 2.24) is 0 Å². The summed E-state index contributed by atoms with van der Waals surface area (Å²) in [6.45, 7) is 1.08. The quantitative estimate of drug-likeness (QED) is 0.521. The monoisotopic (exact) mass is 283 g/mol. The number of thioether (sulfide) groups is 1. The molecule has 0 aromatic heterocycles. The SMILES string of the molecule is [CH2]SCC=C(CC)C(F)(F)C(F)(F)C(F)(F)F. The van der Waals surface area contributed by atoms with Crippen LogP contribution in [-0.2, 0) is 0 Å². The number of rotatable bonds is 5. The Morgan fingerprint density at radius 1 is 1.12 bits per heavy atom. The molecule has 0 saturated carbocycles. The molecule has 0 nitrogen and oxygen atoms in total. The molecule has 101 valence electrons. The average molecular weight is 283 g/mol. The van der Waals surface area contributed by atoms with E-state index in [1.165, 1.54) is 0 Å². The van der Waals surface area contributed by atoms with E-state index in [-0.39, 0.29) is 5.75 Å². The van der Waals surface area contributed by atoms with Crippen molar-refractivity contribution in [3.63, 3.8) is 0 Å². The summed E-state index contributed by atoms with van der Waals surface area (Å²) in [7, 11) is 0. The summed E-state index contributed by atoms with van der Waals surface area (Å²) >= 11 is 0.794. The largest absolute Gasteiger partial charge is 0.460 e. The number of alkyl halides is 7. The van der Waals surface area contributed by atoms with Crippen LogP contribution in [0.15, 0.2) is 11.6 Å². The Bertz CT molecular complexity index is 280. The Morgan fingerprint density at radius 3 is 1.88 bits per heavy atom. The van der Waals surface area contributed by atoms with Gasteiger partial charge in [0.15, 0.2) is 0 Å². The molecule has 0 rings (SSSR count). The van der Waals surface area contributed by atoms with Crippen LogP contribution in [0.4, 0.5) is 30.7 Å². The van der Waals surface area contributed by atoms with Gasteiger partial charge in [0.25, 0.3) is 0 Å². The normalized spacial score (nSPS) is 15.2. The molecule has 0 aromatic carbocycles. The zero-order valence-electron chi connectivity index (χ0n) is 8.75. The average Bonchev–Trinajstić information content (AvgIpc) is 2.16. The highest BCUT2D eigenvalue weighted by molar-refractivity contribution is 8.00. The van der Waals surface area contributed by atoms with E-state index in [4.69, 9.17) is 0 Å². The Morgan fingerprint density at radius 2 is 1.59 bits per heavy atom. The minimum Gasteiger partial charge on any atom is -0.194 e. The molecular formula is C9H10F7S. The van der Waals surface area contributed by atoms with Crippen LogP contribution in [0.25, 0.3) is 0 Å². The molecule has 17 heavy (non-hydrogen) atoms. The first kappa shape index (κ1) is 16.6. The van der Waals surface area contributed by atoms with Gasteiger partial charge < -0.3 is 0 Å². The van der Waals surface area contributed by atoms with Gasteiger partial charge in [0.1, 0.15) is 0 Å². The molecule has 0 aliphatic heterocycles. The van der Waals surface area contributed by atoms with Crippen LogP contribution in [0.1, 0.15) is 13.3 Å². The molecule has 0 heterocycles. The fourth-order valence-corrected chi connectivity index (χ4v) is 1.35. The molecule has 0 saturated heterocycles. The van der Waals surface area contributed by atoms with Crippen LogP contribution in [0.3, 0.4) is 0 Å². The van der Waals surface area contributed by atoms with Crippen molar-refractivity contribution >= 4 is 11.8 Å². The van der Waals surface area contributed by atoms with Gasteiger partial charge in [0, 0.05) is 17.6 Å². The molecule has 0 N–H and O–H groups in total. The second-order valence-electron chi connectivity index (χ2n) is 3.10. The smallest absolute Gasteiger partial charge is 0.194 e. The third-order valence-electron chi connectivity index (χ3n) is 1.98. The van der Waals surface area contributed by atoms with Gasteiger partial charge in [-0.1, -0.05) is 13.0 Å². The van der Waals surface area contributed by atoms with Crippen LogP contribution >= 0.6 is 11.8 Å². The van der Waals surface area contributed by atoms with E-state index in [9.17, 15) is 30.7 Å². The maximum Gasteiger partial charge on any atom is 0.460 e. The van der Waals surface area contributed by atoms with E-state index in [1.807, 2.05) is 0 Å². The van der Waals surface area contributed by atoms with E-state index >= 15 is 0 Å². The van der Waals surface area contributed by atoms with Crippen LogP contribution in [0.5, 0.6) is 0 Å². The molecule has 0 atom stereocenters. The third-order valence-corrected chi connectivity index (χ3v) is 2.38. The maximum absolute atomic E-state index is 13.1. The molecule has 0 fully saturated rings. The lowest BCUT2D eigenvalue weighted by Gasteiger charge is -2.29. The topological polar surface area (TPSA) is 0 Å². The molecule has 0 aromatic rings. The summed E-state index contributed by atoms with van der Waals surface area (Å²) in [6.07, 6.45) is -3.03.